The van der Waals surface area contributed by atoms with Gasteiger partial charge in [0.2, 0.25) is 0 Å². The molecule has 0 heterocycles. The van der Waals surface area contributed by atoms with E-state index >= 15 is 0 Å². The van der Waals surface area contributed by atoms with Crippen molar-refractivity contribution in [3.8, 4) is 5.75 Å². The Kier molecular flexibility index (Phi) is 4.36. The molecule has 0 aliphatic carbocycles. The van der Waals surface area contributed by atoms with Crippen molar-refractivity contribution in [1.82, 2.24) is 0 Å². The molecule has 0 radical (unpaired) electrons. The zero-order valence-electron chi connectivity index (χ0n) is 10.8. The number of benzene rings is 2. The summed E-state index contributed by atoms with van der Waals surface area (Å²) in [5, 5.41) is 3.24. The van der Waals surface area contributed by atoms with Crippen molar-refractivity contribution >= 4 is 5.69 Å². The fourth-order valence-corrected chi connectivity index (χ4v) is 1.86. The molecule has 0 saturated heterocycles. The summed E-state index contributed by atoms with van der Waals surface area (Å²) in [4.78, 5) is 0. The highest BCUT2D eigenvalue weighted by atomic mass is 19.1. The van der Waals surface area contributed by atoms with E-state index in [-0.39, 0.29) is 5.82 Å². The van der Waals surface area contributed by atoms with Crippen LogP contribution in [0.2, 0.25) is 0 Å². The van der Waals surface area contributed by atoms with Crippen LogP contribution in [-0.2, 0) is 13.1 Å². The van der Waals surface area contributed by atoms with Gasteiger partial charge in [-0.1, -0.05) is 6.07 Å². The predicted octanol–water partition coefficient (Wildman–Crippen LogP) is 2.91. The van der Waals surface area contributed by atoms with Crippen molar-refractivity contribution in [3.05, 3.63) is 59.4 Å². The maximum absolute atomic E-state index is 13.2. The molecule has 3 nitrogen and oxygen atoms in total. The summed E-state index contributed by atoms with van der Waals surface area (Å²) in [6.45, 7) is 0.941. The lowest BCUT2D eigenvalue weighted by atomic mass is 10.1. The van der Waals surface area contributed by atoms with Gasteiger partial charge < -0.3 is 15.8 Å². The first-order valence-corrected chi connectivity index (χ1v) is 6.08. The molecule has 4 heteroatoms. The van der Waals surface area contributed by atoms with E-state index in [2.05, 4.69) is 5.32 Å². The third kappa shape index (κ3) is 3.45. The van der Waals surface area contributed by atoms with Crippen LogP contribution in [0.5, 0.6) is 5.75 Å². The molecule has 0 unspecified atom stereocenters. The summed E-state index contributed by atoms with van der Waals surface area (Å²) in [7, 11) is 1.63. The van der Waals surface area contributed by atoms with Crippen LogP contribution in [0, 0.1) is 5.82 Å². The van der Waals surface area contributed by atoms with Gasteiger partial charge in [0, 0.05) is 18.8 Å². The van der Waals surface area contributed by atoms with Gasteiger partial charge in [-0.25, -0.2) is 4.39 Å². The Morgan fingerprint density at radius 1 is 1.11 bits per heavy atom. The monoisotopic (exact) mass is 260 g/mol. The van der Waals surface area contributed by atoms with Crippen molar-refractivity contribution in [3.63, 3.8) is 0 Å². The summed E-state index contributed by atoms with van der Waals surface area (Å²) in [5.74, 6) is 0.558. The summed E-state index contributed by atoms with van der Waals surface area (Å²) in [6.07, 6.45) is 0. The molecule has 0 saturated carbocycles. The molecule has 0 spiro atoms. The zero-order chi connectivity index (χ0) is 13.7. The molecule has 0 bridgehead atoms. The van der Waals surface area contributed by atoms with Gasteiger partial charge in [0.25, 0.3) is 0 Å². The normalized spacial score (nSPS) is 10.3. The van der Waals surface area contributed by atoms with Crippen molar-refractivity contribution < 1.29 is 9.13 Å². The third-order valence-corrected chi connectivity index (χ3v) is 2.96. The van der Waals surface area contributed by atoms with Gasteiger partial charge in [0.05, 0.1) is 7.11 Å². The standard InChI is InChI=1S/C15H17FN2O/c1-19-15-6-4-14(5-7-15)18-10-12-8-13(16)3-2-11(12)9-17/h2-8,18H,9-10,17H2,1H3. The van der Waals surface area contributed by atoms with E-state index in [4.69, 9.17) is 10.5 Å². The van der Waals surface area contributed by atoms with Crippen molar-refractivity contribution in [2.75, 3.05) is 12.4 Å². The number of rotatable bonds is 5. The molecule has 2 aromatic rings. The first-order chi connectivity index (χ1) is 9.22. The zero-order valence-corrected chi connectivity index (χ0v) is 10.8. The van der Waals surface area contributed by atoms with Gasteiger partial charge in [-0.05, 0) is 47.5 Å². The number of ether oxygens (including phenoxy) is 1. The lowest BCUT2D eigenvalue weighted by Gasteiger charge is -2.11. The number of methoxy groups -OCH3 is 1. The summed E-state index contributed by atoms with van der Waals surface area (Å²) < 4.78 is 18.3. The molecule has 0 fully saturated rings. The van der Waals surface area contributed by atoms with Gasteiger partial charge in [0.1, 0.15) is 11.6 Å². The van der Waals surface area contributed by atoms with Gasteiger partial charge in [-0.2, -0.15) is 0 Å². The lowest BCUT2D eigenvalue weighted by Crippen LogP contribution is -2.07. The number of halogens is 1. The molecule has 19 heavy (non-hydrogen) atoms. The quantitative estimate of drug-likeness (QED) is 0.869. The molecule has 2 rings (SSSR count). The number of nitrogens with two attached hydrogens (primary N) is 1. The second-order valence-electron chi connectivity index (χ2n) is 4.20. The predicted molar refractivity (Wildman–Crippen MR) is 74.6 cm³/mol. The van der Waals surface area contributed by atoms with Crippen LogP contribution in [0.4, 0.5) is 10.1 Å². The van der Waals surface area contributed by atoms with E-state index in [9.17, 15) is 4.39 Å². The van der Waals surface area contributed by atoms with E-state index in [0.717, 1.165) is 22.6 Å². The molecular weight excluding hydrogens is 243 g/mol. The molecule has 3 N–H and O–H groups in total. The second-order valence-corrected chi connectivity index (χ2v) is 4.20. The molecule has 0 aliphatic rings. The average Bonchev–Trinajstić information content (AvgIpc) is 2.46. The van der Waals surface area contributed by atoms with Crippen LogP contribution >= 0.6 is 0 Å². The van der Waals surface area contributed by atoms with Crippen LogP contribution in [0.1, 0.15) is 11.1 Å². The van der Waals surface area contributed by atoms with Crippen molar-refractivity contribution in [2.45, 2.75) is 13.1 Å². The minimum atomic E-state index is -0.247. The second kappa shape index (κ2) is 6.20. The number of hydrogen-bond acceptors (Lipinski definition) is 3. The van der Waals surface area contributed by atoms with E-state index in [1.165, 1.54) is 12.1 Å². The van der Waals surface area contributed by atoms with Gasteiger partial charge in [0.15, 0.2) is 0 Å². The van der Waals surface area contributed by atoms with Gasteiger partial charge >= 0.3 is 0 Å². The molecule has 0 atom stereocenters. The highest BCUT2D eigenvalue weighted by Crippen LogP contribution is 2.17. The van der Waals surface area contributed by atoms with Gasteiger partial charge in [-0.3, -0.25) is 0 Å². The van der Waals surface area contributed by atoms with E-state index < -0.39 is 0 Å². The first-order valence-electron chi connectivity index (χ1n) is 6.08. The minimum absolute atomic E-state index is 0.247. The smallest absolute Gasteiger partial charge is 0.123 e. The Labute approximate surface area is 112 Å². The highest BCUT2D eigenvalue weighted by molar-refractivity contribution is 5.47. The molecule has 0 amide bonds. The topological polar surface area (TPSA) is 47.3 Å². The Bertz CT molecular complexity index is 540. The maximum Gasteiger partial charge on any atom is 0.123 e. The number of hydrogen-bond donors (Lipinski definition) is 2. The molecule has 100 valence electrons. The fraction of sp³-hybridized carbons (Fsp3) is 0.200. The van der Waals surface area contributed by atoms with Crippen LogP contribution in [0.3, 0.4) is 0 Å². The first kappa shape index (κ1) is 13.4. The molecule has 0 aliphatic heterocycles. The maximum atomic E-state index is 13.2. The van der Waals surface area contributed by atoms with Crippen LogP contribution in [-0.4, -0.2) is 7.11 Å². The summed E-state index contributed by atoms with van der Waals surface area (Å²) >= 11 is 0. The highest BCUT2D eigenvalue weighted by Gasteiger charge is 2.03. The Morgan fingerprint density at radius 3 is 2.47 bits per heavy atom. The fourth-order valence-electron chi connectivity index (χ4n) is 1.86. The van der Waals surface area contributed by atoms with Gasteiger partial charge in [-0.15, -0.1) is 0 Å². The molecular formula is C15H17FN2O. The summed E-state index contributed by atoms with van der Waals surface area (Å²) in [5.41, 5.74) is 8.41. The van der Waals surface area contributed by atoms with Crippen molar-refractivity contribution in [2.24, 2.45) is 5.73 Å². The molecule has 0 aromatic heterocycles. The Balaban J connectivity index is 2.07. The number of nitrogens with one attached hydrogen (secondary N) is 1. The van der Waals surface area contributed by atoms with Crippen molar-refractivity contribution in [1.29, 1.82) is 0 Å². The van der Waals surface area contributed by atoms with Crippen LogP contribution < -0.4 is 15.8 Å². The Hall–Kier alpha value is -2.07. The number of anilines is 1. The minimum Gasteiger partial charge on any atom is -0.497 e. The average molecular weight is 260 g/mol. The largest absolute Gasteiger partial charge is 0.497 e. The van der Waals surface area contributed by atoms with E-state index in [1.54, 1.807) is 13.2 Å². The van der Waals surface area contributed by atoms with E-state index in [1.807, 2.05) is 24.3 Å². The SMILES string of the molecule is COc1ccc(NCc2cc(F)ccc2CN)cc1. The van der Waals surface area contributed by atoms with E-state index in [0.29, 0.717) is 13.1 Å². The lowest BCUT2D eigenvalue weighted by molar-refractivity contribution is 0.415. The van der Waals surface area contributed by atoms with Crippen LogP contribution in [0.15, 0.2) is 42.5 Å². The molecule has 2 aromatic carbocycles. The summed E-state index contributed by atoms with van der Waals surface area (Å²) in [6, 6.07) is 12.2. The van der Waals surface area contributed by atoms with Crippen LogP contribution in [0.25, 0.3) is 0 Å². The third-order valence-electron chi connectivity index (χ3n) is 2.96. The Morgan fingerprint density at radius 2 is 1.84 bits per heavy atom.